The van der Waals surface area contributed by atoms with Crippen LogP contribution in [0.4, 0.5) is 5.69 Å². The second-order valence-electron chi connectivity index (χ2n) is 5.41. The van der Waals surface area contributed by atoms with Crippen LogP contribution in [0.5, 0.6) is 5.75 Å². The minimum absolute atomic E-state index is 0.379. The summed E-state index contributed by atoms with van der Waals surface area (Å²) in [6, 6.07) is 12.6. The molecular formula is C17H17N3O3. The number of hydrogen-bond donors (Lipinski definition) is 2. The number of carbonyl (C=O) groups is 2. The summed E-state index contributed by atoms with van der Waals surface area (Å²) >= 11 is 0. The lowest BCUT2D eigenvalue weighted by molar-refractivity contribution is -0.146. The van der Waals surface area contributed by atoms with E-state index in [4.69, 9.17) is 4.74 Å². The summed E-state index contributed by atoms with van der Waals surface area (Å²) in [5, 5.41) is 5.44. The molecule has 2 amide bonds. The second kappa shape index (κ2) is 6.08. The molecule has 1 atom stereocenters. The van der Waals surface area contributed by atoms with Gasteiger partial charge in [-0.1, -0.05) is 18.2 Å². The van der Waals surface area contributed by atoms with Crippen molar-refractivity contribution in [1.29, 1.82) is 0 Å². The summed E-state index contributed by atoms with van der Waals surface area (Å²) in [6.07, 6.45) is 2.29. The van der Waals surface area contributed by atoms with E-state index >= 15 is 0 Å². The smallest absolute Gasteiger partial charge is 0.278 e. The van der Waals surface area contributed by atoms with E-state index in [9.17, 15) is 9.59 Å². The van der Waals surface area contributed by atoms with Crippen molar-refractivity contribution in [2.45, 2.75) is 18.9 Å². The zero-order chi connectivity index (χ0) is 16.3. The summed E-state index contributed by atoms with van der Waals surface area (Å²) in [5.41, 5.74) is -0.146. The molecule has 0 saturated carbocycles. The van der Waals surface area contributed by atoms with E-state index in [1.165, 1.54) is 6.92 Å². The van der Waals surface area contributed by atoms with Gasteiger partial charge in [0, 0.05) is 24.9 Å². The van der Waals surface area contributed by atoms with Gasteiger partial charge in [0.25, 0.3) is 17.4 Å². The Hall–Kier alpha value is -2.89. The molecule has 118 valence electrons. The maximum Gasteiger partial charge on any atom is 0.278 e. The molecule has 6 nitrogen and oxygen atoms in total. The number of pyridine rings is 1. The summed E-state index contributed by atoms with van der Waals surface area (Å²) in [6.45, 7) is 1.85. The second-order valence-corrected chi connectivity index (χ2v) is 5.41. The molecule has 1 aromatic heterocycles. The van der Waals surface area contributed by atoms with Crippen molar-refractivity contribution in [2.75, 3.05) is 11.9 Å². The highest BCUT2D eigenvalue weighted by molar-refractivity contribution is 6.15. The van der Waals surface area contributed by atoms with Crippen molar-refractivity contribution in [3.8, 4) is 5.75 Å². The number of fused-ring (bicyclic) bond motifs is 1. The Morgan fingerprint density at radius 2 is 2.04 bits per heavy atom. The quantitative estimate of drug-likeness (QED) is 0.839. The van der Waals surface area contributed by atoms with Gasteiger partial charge < -0.3 is 15.4 Å². The lowest BCUT2D eigenvalue weighted by Gasteiger charge is -2.33. The highest BCUT2D eigenvalue weighted by Gasteiger charge is 2.46. The van der Waals surface area contributed by atoms with Crippen molar-refractivity contribution in [3.05, 3.63) is 54.4 Å². The molecule has 0 radical (unpaired) electrons. The van der Waals surface area contributed by atoms with Crippen LogP contribution < -0.4 is 15.4 Å². The highest BCUT2D eigenvalue weighted by atomic mass is 16.5. The summed E-state index contributed by atoms with van der Waals surface area (Å²) < 4.78 is 5.66. The molecular weight excluding hydrogens is 294 g/mol. The first-order valence-electron chi connectivity index (χ1n) is 7.37. The van der Waals surface area contributed by atoms with Gasteiger partial charge in [0.1, 0.15) is 5.75 Å². The number of nitrogens with one attached hydrogen (secondary N) is 2. The molecule has 23 heavy (non-hydrogen) atoms. The SMILES string of the molecule is C[C@]1(C(=O)NCCc2ccccn2)Oc2ccccc2NC1=O. The van der Waals surface area contributed by atoms with E-state index in [-0.39, 0.29) is 0 Å². The molecule has 3 rings (SSSR count). The molecule has 0 spiro atoms. The molecule has 6 heteroatoms. The summed E-state index contributed by atoms with van der Waals surface area (Å²) in [4.78, 5) is 28.8. The fourth-order valence-electron chi connectivity index (χ4n) is 2.33. The van der Waals surface area contributed by atoms with Crippen LogP contribution in [0.25, 0.3) is 0 Å². The van der Waals surface area contributed by atoms with Crippen LogP contribution in [0.15, 0.2) is 48.7 Å². The molecule has 1 aliphatic rings. The van der Waals surface area contributed by atoms with Crippen LogP contribution in [-0.4, -0.2) is 28.9 Å². The number of aromatic nitrogens is 1. The number of amides is 2. The number of anilines is 1. The first-order chi connectivity index (χ1) is 11.1. The van der Waals surface area contributed by atoms with Crippen molar-refractivity contribution in [3.63, 3.8) is 0 Å². The highest BCUT2D eigenvalue weighted by Crippen LogP contribution is 2.33. The van der Waals surface area contributed by atoms with Gasteiger partial charge in [-0.3, -0.25) is 14.6 Å². The van der Waals surface area contributed by atoms with Crippen LogP contribution >= 0.6 is 0 Å². The van der Waals surface area contributed by atoms with E-state index in [0.717, 1.165) is 5.69 Å². The van der Waals surface area contributed by atoms with Gasteiger partial charge in [0.2, 0.25) is 0 Å². The minimum atomic E-state index is -1.58. The minimum Gasteiger partial charge on any atom is -0.466 e. The standard InChI is InChI=1S/C17H17N3O3/c1-17(15(21)19-11-9-12-6-4-5-10-18-12)16(22)20-13-7-2-3-8-14(13)23-17/h2-8,10H,9,11H2,1H3,(H,19,21)(H,20,22)/t17-/m1/s1. The molecule has 1 aromatic carbocycles. The third-order valence-corrected chi connectivity index (χ3v) is 3.71. The number of nitrogens with zero attached hydrogens (tertiary/aromatic N) is 1. The molecule has 2 N–H and O–H groups in total. The van der Waals surface area contributed by atoms with Crippen molar-refractivity contribution in [1.82, 2.24) is 10.3 Å². The zero-order valence-corrected chi connectivity index (χ0v) is 12.7. The maximum atomic E-state index is 12.4. The predicted molar refractivity (Wildman–Crippen MR) is 85.1 cm³/mol. The first kappa shape index (κ1) is 15.0. The normalized spacial score (nSPS) is 19.3. The van der Waals surface area contributed by atoms with Gasteiger partial charge >= 0.3 is 0 Å². The third-order valence-electron chi connectivity index (χ3n) is 3.71. The van der Waals surface area contributed by atoms with Crippen LogP contribution in [0.1, 0.15) is 12.6 Å². The van der Waals surface area contributed by atoms with Gasteiger partial charge in [-0.15, -0.1) is 0 Å². The molecule has 1 aliphatic heterocycles. The lowest BCUT2D eigenvalue weighted by Crippen LogP contribution is -2.58. The monoisotopic (exact) mass is 311 g/mol. The van der Waals surface area contributed by atoms with Crippen LogP contribution in [0, 0.1) is 0 Å². The molecule has 2 aromatic rings. The van der Waals surface area contributed by atoms with Crippen molar-refractivity contribution in [2.24, 2.45) is 0 Å². The van der Waals surface area contributed by atoms with Crippen molar-refractivity contribution >= 4 is 17.5 Å². The van der Waals surface area contributed by atoms with Gasteiger partial charge in [-0.2, -0.15) is 0 Å². The Balaban J connectivity index is 1.65. The Bertz CT molecular complexity index is 733. The Morgan fingerprint density at radius 1 is 1.26 bits per heavy atom. The average Bonchev–Trinajstić information content (AvgIpc) is 2.57. The van der Waals surface area contributed by atoms with Gasteiger partial charge in [-0.25, -0.2) is 0 Å². The molecule has 2 heterocycles. The van der Waals surface area contributed by atoms with Crippen LogP contribution in [-0.2, 0) is 16.0 Å². The lowest BCUT2D eigenvalue weighted by atomic mass is 10.0. The summed E-state index contributed by atoms with van der Waals surface area (Å²) in [7, 11) is 0. The summed E-state index contributed by atoms with van der Waals surface area (Å²) in [5.74, 6) is -0.471. The van der Waals surface area contributed by atoms with Crippen molar-refractivity contribution < 1.29 is 14.3 Å². The third kappa shape index (κ3) is 3.01. The number of hydrogen-bond acceptors (Lipinski definition) is 4. The number of para-hydroxylation sites is 2. The largest absolute Gasteiger partial charge is 0.466 e. The fraction of sp³-hybridized carbons (Fsp3) is 0.235. The van der Waals surface area contributed by atoms with Crippen LogP contribution in [0.2, 0.25) is 0 Å². The topological polar surface area (TPSA) is 80.3 Å². The molecule has 0 bridgehead atoms. The average molecular weight is 311 g/mol. The van der Waals surface area contributed by atoms with Crippen LogP contribution in [0.3, 0.4) is 0 Å². The molecule has 0 fully saturated rings. The Labute approximate surface area is 133 Å². The molecule has 0 aliphatic carbocycles. The van der Waals surface area contributed by atoms with E-state index in [1.807, 2.05) is 18.2 Å². The number of carbonyl (C=O) groups excluding carboxylic acids is 2. The Morgan fingerprint density at radius 3 is 2.83 bits per heavy atom. The van der Waals surface area contributed by atoms with E-state index in [1.54, 1.807) is 30.5 Å². The van der Waals surface area contributed by atoms with Gasteiger partial charge in [-0.05, 0) is 31.2 Å². The van der Waals surface area contributed by atoms with E-state index in [0.29, 0.717) is 24.4 Å². The van der Waals surface area contributed by atoms with Gasteiger partial charge in [0.15, 0.2) is 0 Å². The van der Waals surface area contributed by atoms with Gasteiger partial charge in [0.05, 0.1) is 5.69 Å². The molecule has 0 saturated heterocycles. The number of benzene rings is 1. The first-order valence-corrected chi connectivity index (χ1v) is 7.37. The number of rotatable bonds is 4. The maximum absolute atomic E-state index is 12.4. The molecule has 0 unspecified atom stereocenters. The van der Waals surface area contributed by atoms with E-state index < -0.39 is 17.4 Å². The van der Waals surface area contributed by atoms with E-state index in [2.05, 4.69) is 15.6 Å². The predicted octanol–water partition coefficient (Wildman–Crippen LogP) is 1.53. The fourth-order valence-corrected chi connectivity index (χ4v) is 2.33. The Kier molecular flexibility index (Phi) is 3.97. The zero-order valence-electron chi connectivity index (χ0n) is 12.7. The number of ether oxygens (including phenoxy) is 1.